The Hall–Kier alpha value is -1.60. The van der Waals surface area contributed by atoms with E-state index in [4.69, 9.17) is 9.47 Å². The van der Waals surface area contributed by atoms with Gasteiger partial charge in [0.05, 0.1) is 14.2 Å². The van der Waals surface area contributed by atoms with E-state index in [0.717, 1.165) is 25.9 Å². The standard InChI is InChI=1S/C12H18N4O3.ClH/c1-18-11-9(12(19-2)15-7-14-11)10(17)16-8-4-3-5-13-6-8;/h7-8,13H,3-6H2,1-2H3,(H,16,17);1H. The minimum atomic E-state index is -0.275. The molecule has 2 rings (SSSR count). The van der Waals surface area contributed by atoms with Crippen molar-refractivity contribution in [2.45, 2.75) is 18.9 Å². The maximum atomic E-state index is 12.3. The average molecular weight is 303 g/mol. The Bertz CT molecular complexity index is 430. The monoisotopic (exact) mass is 302 g/mol. The number of nitrogens with one attached hydrogen (secondary N) is 2. The predicted octanol–water partition coefficient (Wildman–Crippen LogP) is 0.397. The summed E-state index contributed by atoms with van der Waals surface area (Å²) in [7, 11) is 2.92. The van der Waals surface area contributed by atoms with E-state index in [-0.39, 0.29) is 41.7 Å². The Morgan fingerprint density at radius 2 is 2.00 bits per heavy atom. The molecular weight excluding hydrogens is 284 g/mol. The fourth-order valence-electron chi connectivity index (χ4n) is 2.09. The van der Waals surface area contributed by atoms with Gasteiger partial charge in [0.2, 0.25) is 11.8 Å². The summed E-state index contributed by atoms with van der Waals surface area (Å²) < 4.78 is 10.2. The highest BCUT2D eigenvalue weighted by Gasteiger charge is 2.24. The molecule has 2 heterocycles. The Morgan fingerprint density at radius 3 is 2.50 bits per heavy atom. The molecule has 1 amide bonds. The van der Waals surface area contributed by atoms with Gasteiger partial charge in [-0.2, -0.15) is 0 Å². The van der Waals surface area contributed by atoms with Crippen molar-refractivity contribution in [3.05, 3.63) is 11.9 Å². The fourth-order valence-corrected chi connectivity index (χ4v) is 2.09. The number of halogens is 1. The summed E-state index contributed by atoms with van der Waals surface area (Å²) in [5.41, 5.74) is 0.234. The molecule has 0 spiro atoms. The third-order valence-corrected chi connectivity index (χ3v) is 3.02. The smallest absolute Gasteiger partial charge is 0.262 e. The number of methoxy groups -OCH3 is 2. The van der Waals surface area contributed by atoms with Gasteiger partial charge in [-0.3, -0.25) is 4.79 Å². The topological polar surface area (TPSA) is 85.4 Å². The van der Waals surface area contributed by atoms with Crippen molar-refractivity contribution in [2.24, 2.45) is 0 Å². The molecule has 1 aromatic heterocycles. The first-order valence-electron chi connectivity index (χ1n) is 6.20. The van der Waals surface area contributed by atoms with Gasteiger partial charge in [-0.15, -0.1) is 12.4 Å². The molecule has 8 heteroatoms. The Kier molecular flexibility index (Phi) is 6.47. The predicted molar refractivity (Wildman–Crippen MR) is 75.7 cm³/mol. The van der Waals surface area contributed by atoms with Crippen molar-refractivity contribution in [1.82, 2.24) is 20.6 Å². The van der Waals surface area contributed by atoms with Crippen LogP contribution >= 0.6 is 12.4 Å². The zero-order valence-corrected chi connectivity index (χ0v) is 12.3. The number of aromatic nitrogens is 2. The van der Waals surface area contributed by atoms with Crippen LogP contribution < -0.4 is 20.1 Å². The van der Waals surface area contributed by atoms with Gasteiger partial charge in [0, 0.05) is 12.6 Å². The van der Waals surface area contributed by atoms with Gasteiger partial charge in [-0.05, 0) is 19.4 Å². The number of nitrogens with zero attached hydrogens (tertiary/aromatic N) is 2. The number of amides is 1. The van der Waals surface area contributed by atoms with Gasteiger partial charge in [0.25, 0.3) is 5.91 Å². The normalized spacial score (nSPS) is 17.8. The Balaban J connectivity index is 0.00000200. The molecule has 1 fully saturated rings. The van der Waals surface area contributed by atoms with Crippen LogP contribution in [0.4, 0.5) is 0 Å². The minimum Gasteiger partial charge on any atom is -0.480 e. The summed E-state index contributed by atoms with van der Waals surface area (Å²) in [6, 6.07) is 0.107. The van der Waals surface area contributed by atoms with Gasteiger partial charge in [-0.1, -0.05) is 0 Å². The van der Waals surface area contributed by atoms with Crippen LogP contribution in [0.2, 0.25) is 0 Å². The van der Waals surface area contributed by atoms with Crippen molar-refractivity contribution in [3.8, 4) is 11.8 Å². The SMILES string of the molecule is COc1ncnc(OC)c1C(=O)NC1CCCNC1.Cl. The second-order valence-corrected chi connectivity index (χ2v) is 4.28. The molecule has 0 bridgehead atoms. The number of rotatable bonds is 4. The minimum absolute atomic E-state index is 0. The van der Waals surface area contributed by atoms with Gasteiger partial charge in [-0.25, -0.2) is 9.97 Å². The fraction of sp³-hybridized carbons (Fsp3) is 0.583. The van der Waals surface area contributed by atoms with Crippen molar-refractivity contribution in [1.29, 1.82) is 0 Å². The van der Waals surface area contributed by atoms with Crippen LogP contribution in [0.15, 0.2) is 6.33 Å². The van der Waals surface area contributed by atoms with Crippen LogP contribution in [0.25, 0.3) is 0 Å². The molecule has 1 aromatic rings. The molecule has 0 aromatic carbocycles. The van der Waals surface area contributed by atoms with Gasteiger partial charge in [0.15, 0.2) is 5.56 Å². The number of hydrogen-bond donors (Lipinski definition) is 2. The highest BCUT2D eigenvalue weighted by Crippen LogP contribution is 2.23. The number of carbonyl (C=O) groups excluding carboxylic acids is 1. The maximum Gasteiger partial charge on any atom is 0.262 e. The lowest BCUT2D eigenvalue weighted by Gasteiger charge is -2.24. The van der Waals surface area contributed by atoms with Crippen LogP contribution in [0, 0.1) is 0 Å². The van der Waals surface area contributed by atoms with E-state index in [0.29, 0.717) is 0 Å². The first kappa shape index (κ1) is 16.5. The zero-order chi connectivity index (χ0) is 13.7. The molecule has 0 radical (unpaired) electrons. The lowest BCUT2D eigenvalue weighted by molar-refractivity contribution is 0.0922. The molecule has 20 heavy (non-hydrogen) atoms. The quantitative estimate of drug-likeness (QED) is 0.837. The maximum absolute atomic E-state index is 12.3. The van der Waals surface area contributed by atoms with Gasteiger partial charge in [0.1, 0.15) is 6.33 Å². The lowest BCUT2D eigenvalue weighted by atomic mass is 10.1. The number of piperidine rings is 1. The first-order chi connectivity index (χ1) is 9.26. The van der Waals surface area contributed by atoms with E-state index in [9.17, 15) is 4.79 Å². The van der Waals surface area contributed by atoms with Gasteiger partial charge >= 0.3 is 0 Å². The number of ether oxygens (including phenoxy) is 2. The van der Waals surface area contributed by atoms with E-state index in [1.807, 2.05) is 0 Å². The first-order valence-corrected chi connectivity index (χ1v) is 6.20. The molecule has 1 aliphatic rings. The molecule has 7 nitrogen and oxygen atoms in total. The summed E-state index contributed by atoms with van der Waals surface area (Å²) in [6.45, 7) is 1.76. The largest absolute Gasteiger partial charge is 0.480 e. The highest BCUT2D eigenvalue weighted by molar-refractivity contribution is 5.98. The van der Waals surface area contributed by atoms with Crippen LogP contribution in [0.3, 0.4) is 0 Å². The van der Waals surface area contributed by atoms with E-state index >= 15 is 0 Å². The Labute approximate surface area is 123 Å². The molecule has 0 saturated carbocycles. The molecule has 1 aliphatic heterocycles. The molecular formula is C12H19ClN4O3. The molecule has 0 aliphatic carbocycles. The highest BCUT2D eigenvalue weighted by atomic mass is 35.5. The van der Waals surface area contributed by atoms with Crippen LogP contribution in [-0.4, -0.2) is 49.2 Å². The zero-order valence-electron chi connectivity index (χ0n) is 11.5. The van der Waals surface area contributed by atoms with Crippen molar-refractivity contribution < 1.29 is 14.3 Å². The molecule has 1 atom stereocenters. The summed E-state index contributed by atoms with van der Waals surface area (Å²) in [5, 5.41) is 6.18. The van der Waals surface area contributed by atoms with Gasteiger partial charge < -0.3 is 20.1 Å². The van der Waals surface area contributed by atoms with Crippen LogP contribution in [-0.2, 0) is 0 Å². The van der Waals surface area contributed by atoms with E-state index < -0.39 is 0 Å². The number of carbonyl (C=O) groups is 1. The third-order valence-electron chi connectivity index (χ3n) is 3.02. The summed E-state index contributed by atoms with van der Waals surface area (Å²) in [6.07, 6.45) is 3.30. The third kappa shape index (κ3) is 3.71. The van der Waals surface area contributed by atoms with E-state index in [2.05, 4.69) is 20.6 Å². The summed E-state index contributed by atoms with van der Waals surface area (Å²) in [4.78, 5) is 20.2. The van der Waals surface area contributed by atoms with Crippen LogP contribution in [0.1, 0.15) is 23.2 Å². The molecule has 2 N–H and O–H groups in total. The van der Waals surface area contributed by atoms with E-state index in [1.165, 1.54) is 20.5 Å². The average Bonchev–Trinajstić information content (AvgIpc) is 2.47. The van der Waals surface area contributed by atoms with Crippen molar-refractivity contribution in [3.63, 3.8) is 0 Å². The van der Waals surface area contributed by atoms with Crippen molar-refractivity contribution >= 4 is 18.3 Å². The lowest BCUT2D eigenvalue weighted by Crippen LogP contribution is -2.45. The second-order valence-electron chi connectivity index (χ2n) is 4.28. The Morgan fingerprint density at radius 1 is 1.35 bits per heavy atom. The molecule has 1 saturated heterocycles. The van der Waals surface area contributed by atoms with Crippen LogP contribution in [0.5, 0.6) is 11.8 Å². The number of hydrogen-bond acceptors (Lipinski definition) is 6. The van der Waals surface area contributed by atoms with Crippen molar-refractivity contribution in [2.75, 3.05) is 27.3 Å². The molecule has 1 unspecified atom stereocenters. The second kappa shape index (κ2) is 7.86. The van der Waals surface area contributed by atoms with E-state index in [1.54, 1.807) is 0 Å². The summed E-state index contributed by atoms with van der Waals surface area (Å²) >= 11 is 0. The molecule has 112 valence electrons. The summed E-state index contributed by atoms with van der Waals surface area (Å²) in [5.74, 6) is 0.157.